The molecule has 3 aliphatic rings. The zero-order valence-corrected chi connectivity index (χ0v) is 13.2. The van der Waals surface area contributed by atoms with E-state index in [4.69, 9.17) is 4.74 Å². The minimum Gasteiger partial charge on any atom is -0.379 e. The van der Waals surface area contributed by atoms with E-state index in [1.807, 2.05) is 0 Å². The Kier molecular flexibility index (Phi) is 5.17. The van der Waals surface area contributed by atoms with Crippen LogP contribution in [-0.4, -0.2) is 49.2 Å². The maximum atomic E-state index is 12.4. The highest BCUT2D eigenvalue weighted by Crippen LogP contribution is 2.34. The van der Waals surface area contributed by atoms with Gasteiger partial charge in [0.2, 0.25) is 5.91 Å². The molecule has 3 rings (SSSR count). The van der Waals surface area contributed by atoms with Gasteiger partial charge in [-0.2, -0.15) is 0 Å². The lowest BCUT2D eigenvalue weighted by molar-refractivity contribution is -0.126. The monoisotopic (exact) mass is 294 g/mol. The van der Waals surface area contributed by atoms with Crippen LogP contribution in [0, 0.1) is 5.92 Å². The van der Waals surface area contributed by atoms with Gasteiger partial charge in [-0.1, -0.05) is 32.1 Å². The van der Waals surface area contributed by atoms with Crippen molar-refractivity contribution in [2.24, 2.45) is 5.92 Å². The Morgan fingerprint density at radius 3 is 2.38 bits per heavy atom. The van der Waals surface area contributed by atoms with Gasteiger partial charge < -0.3 is 10.1 Å². The normalized spacial score (nSPS) is 27.6. The minimum atomic E-state index is 0.205. The number of hydrogen-bond donors (Lipinski definition) is 1. The third-order valence-corrected chi connectivity index (χ3v) is 5.78. The Hall–Kier alpha value is -0.610. The second-order valence-corrected chi connectivity index (χ2v) is 7.08. The van der Waals surface area contributed by atoms with Crippen LogP contribution in [0.15, 0.2) is 0 Å². The van der Waals surface area contributed by atoms with E-state index in [-0.39, 0.29) is 11.5 Å². The van der Waals surface area contributed by atoms with Gasteiger partial charge in [-0.05, 0) is 25.7 Å². The third-order valence-electron chi connectivity index (χ3n) is 5.78. The number of carbonyl (C=O) groups excluding carboxylic acids is 1. The summed E-state index contributed by atoms with van der Waals surface area (Å²) in [6.07, 6.45) is 11.1. The molecule has 0 unspecified atom stereocenters. The number of morpholine rings is 1. The van der Waals surface area contributed by atoms with Gasteiger partial charge in [0.25, 0.3) is 0 Å². The highest BCUT2D eigenvalue weighted by atomic mass is 16.5. The molecule has 120 valence electrons. The molecule has 0 aromatic rings. The van der Waals surface area contributed by atoms with Crippen LogP contribution in [0.1, 0.15) is 57.8 Å². The van der Waals surface area contributed by atoms with Gasteiger partial charge in [0.1, 0.15) is 0 Å². The highest BCUT2D eigenvalue weighted by Gasteiger charge is 2.39. The molecule has 0 bridgehead atoms. The van der Waals surface area contributed by atoms with Crippen molar-refractivity contribution in [3.8, 4) is 0 Å². The molecular formula is C17H30N2O2. The first-order chi connectivity index (χ1) is 10.3. The molecule has 1 amide bonds. The van der Waals surface area contributed by atoms with Crippen molar-refractivity contribution >= 4 is 5.91 Å². The van der Waals surface area contributed by atoms with Gasteiger partial charge in [-0.25, -0.2) is 0 Å². The van der Waals surface area contributed by atoms with Crippen LogP contribution in [0.5, 0.6) is 0 Å². The van der Waals surface area contributed by atoms with Gasteiger partial charge in [0, 0.05) is 31.1 Å². The predicted octanol–water partition coefficient (Wildman–Crippen LogP) is 2.33. The first-order valence-corrected chi connectivity index (χ1v) is 8.91. The summed E-state index contributed by atoms with van der Waals surface area (Å²) in [5.74, 6) is 0.598. The molecule has 2 aliphatic carbocycles. The molecule has 0 atom stereocenters. The van der Waals surface area contributed by atoms with Crippen molar-refractivity contribution in [2.75, 3.05) is 32.8 Å². The smallest absolute Gasteiger partial charge is 0.223 e. The number of carbonyl (C=O) groups is 1. The largest absolute Gasteiger partial charge is 0.379 e. The van der Waals surface area contributed by atoms with E-state index >= 15 is 0 Å². The summed E-state index contributed by atoms with van der Waals surface area (Å²) in [5, 5.41) is 3.31. The maximum Gasteiger partial charge on any atom is 0.223 e. The third kappa shape index (κ3) is 3.59. The molecule has 0 aromatic carbocycles. The Balaban J connectivity index is 1.60. The maximum absolute atomic E-state index is 12.4. The molecule has 21 heavy (non-hydrogen) atoms. The minimum absolute atomic E-state index is 0.205. The van der Waals surface area contributed by atoms with E-state index in [0.29, 0.717) is 5.91 Å². The number of hydrogen-bond acceptors (Lipinski definition) is 3. The van der Waals surface area contributed by atoms with Crippen LogP contribution >= 0.6 is 0 Å². The fraction of sp³-hybridized carbons (Fsp3) is 0.941. The molecular weight excluding hydrogens is 264 g/mol. The second kappa shape index (κ2) is 7.10. The summed E-state index contributed by atoms with van der Waals surface area (Å²) in [7, 11) is 0. The van der Waals surface area contributed by atoms with Gasteiger partial charge >= 0.3 is 0 Å². The fourth-order valence-electron chi connectivity index (χ4n) is 4.44. The summed E-state index contributed by atoms with van der Waals surface area (Å²) in [6, 6.07) is 0. The molecule has 0 radical (unpaired) electrons. The van der Waals surface area contributed by atoms with E-state index < -0.39 is 0 Å². The van der Waals surface area contributed by atoms with Crippen molar-refractivity contribution in [3.05, 3.63) is 0 Å². The molecule has 4 nitrogen and oxygen atoms in total. The first kappa shape index (κ1) is 15.3. The van der Waals surface area contributed by atoms with Gasteiger partial charge in [0.15, 0.2) is 0 Å². The van der Waals surface area contributed by atoms with E-state index in [0.717, 1.165) is 45.7 Å². The van der Waals surface area contributed by atoms with Crippen LogP contribution in [0.25, 0.3) is 0 Å². The molecule has 1 N–H and O–H groups in total. The molecule has 0 spiro atoms. The number of nitrogens with zero attached hydrogens (tertiary/aromatic N) is 1. The van der Waals surface area contributed by atoms with E-state index in [1.54, 1.807) is 0 Å². The average molecular weight is 294 g/mol. The van der Waals surface area contributed by atoms with Crippen molar-refractivity contribution in [1.82, 2.24) is 10.2 Å². The first-order valence-electron chi connectivity index (χ1n) is 8.91. The highest BCUT2D eigenvalue weighted by molar-refractivity contribution is 5.78. The Bertz CT molecular complexity index is 341. The molecule has 2 saturated carbocycles. The summed E-state index contributed by atoms with van der Waals surface area (Å²) in [4.78, 5) is 15.0. The lowest BCUT2D eigenvalue weighted by atomic mass is 9.79. The lowest BCUT2D eigenvalue weighted by Gasteiger charge is -2.48. The number of amides is 1. The van der Waals surface area contributed by atoms with Crippen LogP contribution < -0.4 is 5.32 Å². The van der Waals surface area contributed by atoms with Crippen molar-refractivity contribution in [3.63, 3.8) is 0 Å². The number of rotatable bonds is 4. The molecule has 1 saturated heterocycles. The molecule has 1 aliphatic heterocycles. The predicted molar refractivity (Wildman–Crippen MR) is 83.2 cm³/mol. The summed E-state index contributed by atoms with van der Waals surface area (Å²) in [5.41, 5.74) is 0.205. The summed E-state index contributed by atoms with van der Waals surface area (Å²) >= 11 is 0. The van der Waals surface area contributed by atoms with Crippen LogP contribution in [-0.2, 0) is 9.53 Å². The van der Waals surface area contributed by atoms with Crippen LogP contribution in [0.4, 0.5) is 0 Å². The Morgan fingerprint density at radius 2 is 1.71 bits per heavy atom. The van der Waals surface area contributed by atoms with Gasteiger partial charge in [0.05, 0.1) is 13.2 Å². The topological polar surface area (TPSA) is 41.6 Å². The van der Waals surface area contributed by atoms with Crippen molar-refractivity contribution in [1.29, 1.82) is 0 Å². The van der Waals surface area contributed by atoms with E-state index in [2.05, 4.69) is 10.2 Å². The molecule has 0 aromatic heterocycles. The van der Waals surface area contributed by atoms with Crippen molar-refractivity contribution in [2.45, 2.75) is 63.3 Å². The second-order valence-electron chi connectivity index (χ2n) is 7.08. The van der Waals surface area contributed by atoms with Gasteiger partial charge in [-0.15, -0.1) is 0 Å². The zero-order valence-electron chi connectivity index (χ0n) is 13.2. The molecule has 3 fully saturated rings. The fourth-order valence-corrected chi connectivity index (χ4v) is 4.44. The zero-order chi connectivity index (χ0) is 14.5. The SMILES string of the molecule is O=C(NCC1(N2CCOCC2)CCCCC1)C1CCCC1. The Labute approximate surface area is 128 Å². The molecule has 4 heteroatoms. The summed E-state index contributed by atoms with van der Waals surface area (Å²) in [6.45, 7) is 4.59. The Morgan fingerprint density at radius 1 is 1.05 bits per heavy atom. The summed E-state index contributed by atoms with van der Waals surface area (Å²) < 4.78 is 5.51. The van der Waals surface area contributed by atoms with Gasteiger partial charge in [-0.3, -0.25) is 9.69 Å². The number of ether oxygens (including phenoxy) is 1. The van der Waals surface area contributed by atoms with Crippen LogP contribution in [0.2, 0.25) is 0 Å². The van der Waals surface area contributed by atoms with Crippen LogP contribution in [0.3, 0.4) is 0 Å². The van der Waals surface area contributed by atoms with E-state index in [9.17, 15) is 4.79 Å². The number of nitrogens with one attached hydrogen (secondary N) is 1. The molecule has 1 heterocycles. The quantitative estimate of drug-likeness (QED) is 0.865. The lowest BCUT2D eigenvalue weighted by Crippen LogP contribution is -2.60. The average Bonchev–Trinajstić information content (AvgIpc) is 3.09. The van der Waals surface area contributed by atoms with Crippen molar-refractivity contribution < 1.29 is 9.53 Å². The standard InChI is InChI=1S/C17H30N2O2/c20-16(15-6-2-3-7-15)18-14-17(8-4-1-5-9-17)19-10-12-21-13-11-19/h15H,1-14H2,(H,18,20). The van der Waals surface area contributed by atoms with E-state index in [1.165, 1.54) is 44.9 Å².